The molecule has 0 unspecified atom stereocenters. The molecular formula is C15H17ClFNO4. The average Bonchev–Trinajstić information content (AvgIpc) is 2.49. The summed E-state index contributed by atoms with van der Waals surface area (Å²) in [5.41, 5.74) is 0.437. The van der Waals surface area contributed by atoms with Crippen LogP contribution in [0.4, 0.5) is 10.1 Å². The van der Waals surface area contributed by atoms with Gasteiger partial charge >= 0.3 is 12.1 Å². The van der Waals surface area contributed by atoms with Crippen molar-refractivity contribution in [2.24, 2.45) is 5.92 Å². The highest BCUT2D eigenvalue weighted by Crippen LogP contribution is 2.32. The predicted octanol–water partition coefficient (Wildman–Crippen LogP) is 2.68. The maximum Gasteiger partial charge on any atom is 0.373 e. The maximum absolute atomic E-state index is 13.8. The molecule has 0 aromatic heterocycles. The summed E-state index contributed by atoms with van der Waals surface area (Å²) >= 11 is 6.04. The fourth-order valence-electron chi connectivity index (χ4n) is 2.39. The molecule has 0 N–H and O–H groups in total. The van der Waals surface area contributed by atoms with Gasteiger partial charge in [-0.2, -0.15) is 9.59 Å². The largest absolute Gasteiger partial charge is 0.466 e. The van der Waals surface area contributed by atoms with Crippen LogP contribution in [0, 0.1) is 11.7 Å². The molecule has 1 heterocycles. The molecule has 0 spiro atoms. The van der Waals surface area contributed by atoms with Crippen LogP contribution in [0.2, 0.25) is 5.02 Å². The zero-order valence-electron chi connectivity index (χ0n) is 12.2. The Labute approximate surface area is 133 Å². The highest BCUT2D eigenvalue weighted by molar-refractivity contribution is 6.33. The number of hydrogen-bond acceptors (Lipinski definition) is 5. The van der Waals surface area contributed by atoms with Crippen LogP contribution in [-0.4, -0.2) is 31.8 Å². The first-order chi connectivity index (χ1) is 10.5. The number of piperidine rings is 1. The normalized spacial score (nSPS) is 14.6. The number of carbonyl (C=O) groups is 1. The summed E-state index contributed by atoms with van der Waals surface area (Å²) in [6, 6.07) is 4.67. The first-order valence-corrected chi connectivity index (χ1v) is 7.27. The zero-order chi connectivity index (χ0) is 16.5. The van der Waals surface area contributed by atoms with Crippen molar-refractivity contribution in [3.63, 3.8) is 0 Å². The first-order valence-electron chi connectivity index (χ1n) is 6.90. The molecule has 1 aromatic rings. The van der Waals surface area contributed by atoms with Crippen molar-refractivity contribution >= 4 is 29.4 Å². The third-order valence-corrected chi connectivity index (χ3v) is 3.67. The van der Waals surface area contributed by atoms with E-state index in [4.69, 9.17) is 25.9 Å². The van der Waals surface area contributed by atoms with Gasteiger partial charge in [0.1, 0.15) is 5.82 Å². The fourth-order valence-corrected chi connectivity index (χ4v) is 2.67. The summed E-state index contributed by atoms with van der Waals surface area (Å²) < 4.78 is 18.8. The molecule has 1 saturated heterocycles. The van der Waals surface area contributed by atoms with Crippen molar-refractivity contribution in [3.05, 3.63) is 29.0 Å². The van der Waals surface area contributed by atoms with Gasteiger partial charge in [0.05, 0.1) is 23.2 Å². The molecule has 0 saturated carbocycles. The Hall–Kier alpha value is -1.91. The van der Waals surface area contributed by atoms with Crippen LogP contribution in [0.1, 0.15) is 19.8 Å². The van der Waals surface area contributed by atoms with E-state index in [0.29, 0.717) is 43.2 Å². The van der Waals surface area contributed by atoms with Gasteiger partial charge in [0.15, 0.2) is 0 Å². The third kappa shape index (κ3) is 4.83. The second-order valence-corrected chi connectivity index (χ2v) is 5.07. The SMILES string of the molecule is CCOC(=O)C1CCN(c2c(F)cccc2Cl)CC1.O=C=O. The molecule has 0 amide bonds. The van der Waals surface area contributed by atoms with Crippen LogP contribution < -0.4 is 4.90 Å². The number of hydrogen-bond donors (Lipinski definition) is 0. The van der Waals surface area contributed by atoms with E-state index in [1.165, 1.54) is 6.07 Å². The van der Waals surface area contributed by atoms with E-state index >= 15 is 0 Å². The smallest absolute Gasteiger partial charge is 0.373 e. The van der Waals surface area contributed by atoms with Crippen molar-refractivity contribution in [2.75, 3.05) is 24.6 Å². The van der Waals surface area contributed by atoms with Crippen molar-refractivity contribution in [1.29, 1.82) is 0 Å². The Morgan fingerprint density at radius 2 is 2.00 bits per heavy atom. The molecule has 1 aliphatic rings. The van der Waals surface area contributed by atoms with Gasteiger partial charge in [-0.1, -0.05) is 17.7 Å². The summed E-state index contributed by atoms with van der Waals surface area (Å²) in [6.07, 6.45) is 1.59. The lowest BCUT2D eigenvalue weighted by Gasteiger charge is -2.33. The van der Waals surface area contributed by atoms with Crippen molar-refractivity contribution in [3.8, 4) is 0 Å². The average molecular weight is 330 g/mol. The Morgan fingerprint density at radius 3 is 2.50 bits per heavy atom. The number of para-hydroxylation sites is 1. The number of benzene rings is 1. The second-order valence-electron chi connectivity index (χ2n) is 4.67. The van der Waals surface area contributed by atoms with Crippen LogP contribution in [0.15, 0.2) is 18.2 Å². The van der Waals surface area contributed by atoms with Gasteiger partial charge in [-0.05, 0) is 31.9 Å². The number of carbonyl (C=O) groups excluding carboxylic acids is 3. The molecule has 0 radical (unpaired) electrons. The highest BCUT2D eigenvalue weighted by atomic mass is 35.5. The minimum Gasteiger partial charge on any atom is -0.466 e. The van der Waals surface area contributed by atoms with E-state index in [-0.39, 0.29) is 23.9 Å². The molecule has 2 rings (SSSR count). The van der Waals surface area contributed by atoms with Crippen LogP contribution in [0.3, 0.4) is 0 Å². The Balaban J connectivity index is 0.000000745. The monoisotopic (exact) mass is 329 g/mol. The fraction of sp³-hybridized carbons (Fsp3) is 0.467. The van der Waals surface area contributed by atoms with Gasteiger partial charge in [-0.25, -0.2) is 4.39 Å². The quantitative estimate of drug-likeness (QED) is 0.798. The van der Waals surface area contributed by atoms with Crippen LogP contribution in [0.25, 0.3) is 0 Å². The molecule has 0 aliphatic carbocycles. The minimum atomic E-state index is -0.318. The predicted molar refractivity (Wildman–Crippen MR) is 78.0 cm³/mol. The number of nitrogens with zero attached hydrogens (tertiary/aromatic N) is 1. The van der Waals surface area contributed by atoms with Gasteiger partial charge in [0.25, 0.3) is 0 Å². The topological polar surface area (TPSA) is 63.7 Å². The van der Waals surface area contributed by atoms with Gasteiger partial charge < -0.3 is 9.64 Å². The second kappa shape index (κ2) is 9.18. The molecule has 1 aromatic carbocycles. The number of ether oxygens (including phenoxy) is 1. The standard InChI is InChI=1S/C14H17ClFNO2.CO2/c1-2-19-14(18)10-6-8-17(9-7-10)13-11(15)4-3-5-12(13)16;2-1-3/h3-5,10H,2,6-9H2,1H3;. The minimum absolute atomic E-state index is 0.0817. The van der Waals surface area contributed by atoms with Gasteiger partial charge in [-0.3, -0.25) is 4.79 Å². The van der Waals surface area contributed by atoms with Gasteiger partial charge in [0.2, 0.25) is 0 Å². The molecule has 22 heavy (non-hydrogen) atoms. The molecule has 0 bridgehead atoms. The summed E-state index contributed by atoms with van der Waals surface area (Å²) in [4.78, 5) is 29.8. The molecule has 5 nitrogen and oxygen atoms in total. The summed E-state index contributed by atoms with van der Waals surface area (Å²) in [5.74, 6) is -0.550. The number of halogens is 2. The van der Waals surface area contributed by atoms with E-state index in [0.717, 1.165) is 0 Å². The molecule has 1 aliphatic heterocycles. The van der Waals surface area contributed by atoms with Crippen LogP contribution >= 0.6 is 11.6 Å². The molecule has 1 fully saturated rings. The number of anilines is 1. The summed E-state index contributed by atoms with van der Waals surface area (Å²) in [7, 11) is 0. The highest BCUT2D eigenvalue weighted by Gasteiger charge is 2.27. The van der Waals surface area contributed by atoms with E-state index in [1.807, 2.05) is 4.90 Å². The van der Waals surface area contributed by atoms with Gasteiger partial charge in [0, 0.05) is 13.1 Å². The Bertz CT molecular complexity index is 518. The Kier molecular flexibility index (Phi) is 7.57. The molecule has 0 atom stereocenters. The summed E-state index contributed by atoms with van der Waals surface area (Å²) in [6.45, 7) is 3.43. The van der Waals surface area contributed by atoms with E-state index < -0.39 is 0 Å². The lowest BCUT2D eigenvalue weighted by Crippen LogP contribution is -2.37. The third-order valence-electron chi connectivity index (χ3n) is 3.37. The molecule has 7 heteroatoms. The zero-order valence-corrected chi connectivity index (χ0v) is 12.9. The lowest BCUT2D eigenvalue weighted by atomic mass is 9.96. The van der Waals surface area contributed by atoms with Crippen LogP contribution in [0.5, 0.6) is 0 Å². The number of rotatable bonds is 3. The van der Waals surface area contributed by atoms with Gasteiger partial charge in [-0.15, -0.1) is 0 Å². The van der Waals surface area contributed by atoms with E-state index in [9.17, 15) is 9.18 Å². The van der Waals surface area contributed by atoms with Crippen molar-refractivity contribution in [2.45, 2.75) is 19.8 Å². The van der Waals surface area contributed by atoms with Crippen molar-refractivity contribution < 1.29 is 23.5 Å². The van der Waals surface area contributed by atoms with Crippen molar-refractivity contribution in [1.82, 2.24) is 0 Å². The Morgan fingerprint density at radius 1 is 1.41 bits per heavy atom. The summed E-state index contributed by atoms with van der Waals surface area (Å²) in [5, 5.41) is 0.412. The molecular weight excluding hydrogens is 313 g/mol. The lowest BCUT2D eigenvalue weighted by molar-refractivity contribution is -0.191. The first kappa shape index (κ1) is 18.1. The van der Waals surface area contributed by atoms with E-state index in [2.05, 4.69) is 0 Å². The molecule has 120 valence electrons. The maximum atomic E-state index is 13.8. The van der Waals surface area contributed by atoms with E-state index in [1.54, 1.807) is 19.1 Å². The number of esters is 1. The van der Waals surface area contributed by atoms with Crippen LogP contribution in [-0.2, 0) is 19.1 Å².